The first-order chi connectivity index (χ1) is 24.3. The Labute approximate surface area is 289 Å². The van der Waals surface area contributed by atoms with Crippen LogP contribution < -0.4 is 5.43 Å². The number of rotatable bonds is 11. The molecule has 5 rings (SSSR count). The molecule has 0 amide bonds. The molecule has 2 aromatic carbocycles. The average molecular weight is 751 g/mol. The standard InChI is InChI=1S/C31H33F7N6O6S/c1-12-27(44-10-22(42-43-44)14-6-17(34)26(38)18(35)7-14)29(48)23(2-3-45)49-30(12)51-31-19(36)8-20(28(47)24(11-46)50-31)40-41-21(9-39)13-4-15(32)25(37)16(33)5-13/h4-7,9-10,12,19-20,23-24,27-31,39-40,45-48H,2-3,8,11H2,1H3/b39-9?,41-21+/t12-,19-,20+,23?,24+,27+,28+,29-,30-,31-/m0/s1. The highest BCUT2D eigenvalue weighted by Crippen LogP contribution is 2.44. The fourth-order valence-electron chi connectivity index (χ4n) is 5.90. The lowest BCUT2D eigenvalue weighted by Gasteiger charge is -2.44. The summed E-state index contributed by atoms with van der Waals surface area (Å²) >= 11 is 0.808. The zero-order chi connectivity index (χ0) is 37.1. The van der Waals surface area contributed by atoms with Gasteiger partial charge in [0.2, 0.25) is 0 Å². The van der Waals surface area contributed by atoms with Crippen LogP contribution in [0.5, 0.6) is 0 Å². The van der Waals surface area contributed by atoms with Crippen LogP contribution in [0.2, 0.25) is 0 Å². The maximum absolute atomic E-state index is 16.0. The van der Waals surface area contributed by atoms with E-state index < -0.39 is 114 Å². The fraction of sp³-hybridized carbons (Fsp3) is 0.484. The van der Waals surface area contributed by atoms with Crippen molar-refractivity contribution in [3.8, 4) is 11.3 Å². The van der Waals surface area contributed by atoms with E-state index in [0.717, 1.165) is 23.9 Å². The summed E-state index contributed by atoms with van der Waals surface area (Å²) in [5, 5.41) is 61.2. The Morgan fingerprint density at radius 1 is 0.980 bits per heavy atom. The summed E-state index contributed by atoms with van der Waals surface area (Å²) in [6, 6.07) is 0.408. The van der Waals surface area contributed by atoms with Crippen LogP contribution in [0.25, 0.3) is 11.3 Å². The van der Waals surface area contributed by atoms with Crippen LogP contribution in [-0.4, -0.2) is 108 Å². The zero-order valence-corrected chi connectivity index (χ0v) is 27.3. The van der Waals surface area contributed by atoms with Crippen LogP contribution in [0.4, 0.5) is 30.7 Å². The van der Waals surface area contributed by atoms with Crippen molar-refractivity contribution in [2.24, 2.45) is 11.0 Å². The predicted octanol–water partition coefficient (Wildman–Crippen LogP) is 2.98. The van der Waals surface area contributed by atoms with Crippen molar-refractivity contribution in [3.05, 3.63) is 70.9 Å². The summed E-state index contributed by atoms with van der Waals surface area (Å²) in [6.45, 7) is 0.422. The van der Waals surface area contributed by atoms with E-state index in [-0.39, 0.29) is 29.0 Å². The number of halogens is 7. The molecule has 10 atom stereocenters. The molecule has 3 aromatic rings. The first-order valence-corrected chi connectivity index (χ1v) is 16.5. The van der Waals surface area contributed by atoms with Gasteiger partial charge in [-0.1, -0.05) is 23.9 Å². The number of ether oxygens (including phenoxy) is 2. The van der Waals surface area contributed by atoms with Gasteiger partial charge in [0.25, 0.3) is 0 Å². The molecule has 0 radical (unpaired) electrons. The minimum atomic E-state index is -1.89. The maximum Gasteiger partial charge on any atom is 0.194 e. The summed E-state index contributed by atoms with van der Waals surface area (Å²) in [6.07, 6.45) is -5.95. The lowest BCUT2D eigenvalue weighted by atomic mass is 9.89. The highest BCUT2D eigenvalue weighted by Gasteiger charge is 2.48. The maximum atomic E-state index is 16.0. The molecule has 0 aliphatic carbocycles. The van der Waals surface area contributed by atoms with E-state index in [1.54, 1.807) is 6.92 Å². The number of aliphatic hydroxyl groups is 4. The Bertz CT molecular complexity index is 1700. The molecule has 20 heteroatoms. The van der Waals surface area contributed by atoms with Gasteiger partial charge in [-0.25, -0.2) is 35.4 Å². The lowest BCUT2D eigenvalue weighted by Crippen LogP contribution is -2.51. The minimum Gasteiger partial charge on any atom is -0.396 e. The van der Waals surface area contributed by atoms with Gasteiger partial charge in [-0.15, -0.1) is 5.10 Å². The molecule has 0 saturated carbocycles. The van der Waals surface area contributed by atoms with Gasteiger partial charge in [0, 0.05) is 36.3 Å². The van der Waals surface area contributed by atoms with E-state index in [9.17, 15) is 46.8 Å². The van der Waals surface area contributed by atoms with Crippen LogP contribution in [0.3, 0.4) is 0 Å². The van der Waals surface area contributed by atoms with E-state index in [1.165, 1.54) is 10.9 Å². The van der Waals surface area contributed by atoms with Crippen molar-refractivity contribution >= 4 is 23.7 Å². The molecule has 1 unspecified atom stereocenters. The van der Waals surface area contributed by atoms with E-state index in [2.05, 4.69) is 20.8 Å². The van der Waals surface area contributed by atoms with Crippen LogP contribution in [-0.2, 0) is 9.47 Å². The second-order valence-electron chi connectivity index (χ2n) is 12.0. The lowest BCUT2D eigenvalue weighted by molar-refractivity contribution is -0.146. The van der Waals surface area contributed by atoms with Gasteiger partial charge < -0.3 is 40.7 Å². The molecule has 278 valence electrons. The van der Waals surface area contributed by atoms with Crippen LogP contribution in [0, 0.1) is 46.2 Å². The molecule has 0 bridgehead atoms. The number of benzene rings is 2. The third-order valence-corrected chi connectivity index (χ3v) is 10.1. The quantitative estimate of drug-likeness (QED) is 0.0740. The number of nitrogens with one attached hydrogen (secondary N) is 2. The number of hydrogen-bond donors (Lipinski definition) is 6. The van der Waals surface area contributed by atoms with E-state index in [4.69, 9.17) is 14.9 Å². The first kappa shape index (κ1) is 38.6. The molecule has 0 spiro atoms. The number of thioether (sulfide) groups is 1. The number of aliphatic hydroxyl groups excluding tert-OH is 4. The van der Waals surface area contributed by atoms with Gasteiger partial charge in [-0.3, -0.25) is 0 Å². The molecule has 3 heterocycles. The Morgan fingerprint density at radius 2 is 1.59 bits per heavy atom. The van der Waals surface area contributed by atoms with E-state index in [0.29, 0.717) is 18.3 Å². The van der Waals surface area contributed by atoms with E-state index >= 15 is 4.39 Å². The van der Waals surface area contributed by atoms with Crippen molar-refractivity contribution in [2.45, 2.75) is 73.3 Å². The highest BCUT2D eigenvalue weighted by molar-refractivity contribution is 8.00. The third kappa shape index (κ3) is 8.21. The Kier molecular flexibility index (Phi) is 12.4. The van der Waals surface area contributed by atoms with Crippen LogP contribution in [0.1, 0.15) is 31.4 Å². The van der Waals surface area contributed by atoms with Crippen molar-refractivity contribution in [1.29, 1.82) is 5.41 Å². The third-order valence-electron chi connectivity index (χ3n) is 8.61. The number of hydrogen-bond acceptors (Lipinski definition) is 12. The molecule has 2 saturated heterocycles. The summed E-state index contributed by atoms with van der Waals surface area (Å²) < 4.78 is 111. The van der Waals surface area contributed by atoms with Crippen LogP contribution in [0.15, 0.2) is 35.6 Å². The second kappa shape index (κ2) is 16.3. The van der Waals surface area contributed by atoms with Crippen LogP contribution >= 0.6 is 11.8 Å². The van der Waals surface area contributed by atoms with E-state index in [1.807, 2.05) is 0 Å². The van der Waals surface area contributed by atoms with Gasteiger partial charge in [-0.2, -0.15) is 5.10 Å². The normalized spacial score (nSPS) is 30.2. The Morgan fingerprint density at radius 3 is 2.18 bits per heavy atom. The number of aromatic nitrogens is 3. The molecule has 51 heavy (non-hydrogen) atoms. The number of alkyl halides is 1. The van der Waals surface area contributed by atoms with Gasteiger partial charge in [0.15, 0.2) is 34.9 Å². The van der Waals surface area contributed by atoms with Gasteiger partial charge in [0.05, 0.1) is 31.0 Å². The average Bonchev–Trinajstić information content (AvgIpc) is 3.54. The molecular formula is C31H33F7N6O6S. The smallest absolute Gasteiger partial charge is 0.194 e. The zero-order valence-electron chi connectivity index (χ0n) is 26.5. The van der Waals surface area contributed by atoms with Crippen molar-refractivity contribution in [3.63, 3.8) is 0 Å². The molecular weight excluding hydrogens is 717 g/mol. The molecule has 12 nitrogen and oxygen atoms in total. The molecule has 2 fully saturated rings. The summed E-state index contributed by atoms with van der Waals surface area (Å²) in [5.74, 6) is -10.1. The second-order valence-corrected chi connectivity index (χ2v) is 13.2. The fourth-order valence-corrected chi connectivity index (χ4v) is 7.27. The topological polar surface area (TPSA) is 178 Å². The molecule has 2 aliphatic rings. The van der Waals surface area contributed by atoms with Crippen molar-refractivity contribution < 1.29 is 60.6 Å². The Hall–Kier alpha value is -3.66. The summed E-state index contributed by atoms with van der Waals surface area (Å²) in [7, 11) is 0. The minimum absolute atomic E-state index is 0.0561. The van der Waals surface area contributed by atoms with Crippen molar-refractivity contribution in [2.75, 3.05) is 13.2 Å². The largest absolute Gasteiger partial charge is 0.396 e. The molecule has 1 aromatic heterocycles. The Balaban J connectivity index is 1.36. The van der Waals surface area contributed by atoms with Crippen molar-refractivity contribution in [1.82, 2.24) is 20.4 Å². The van der Waals surface area contributed by atoms with Gasteiger partial charge in [0.1, 0.15) is 46.8 Å². The monoisotopic (exact) mass is 750 g/mol. The van der Waals surface area contributed by atoms with Gasteiger partial charge >= 0.3 is 0 Å². The molecule has 2 aliphatic heterocycles. The van der Waals surface area contributed by atoms with Gasteiger partial charge in [-0.05, 0) is 30.7 Å². The summed E-state index contributed by atoms with van der Waals surface area (Å²) in [5.41, 5.74) is -0.852. The summed E-state index contributed by atoms with van der Waals surface area (Å²) in [4.78, 5) is 0. The number of hydrazone groups is 1. The highest BCUT2D eigenvalue weighted by atomic mass is 32.2. The molecule has 6 N–H and O–H groups in total. The SMILES string of the molecule is C[C@H]1[C@@H](n2cc(-c3cc(F)c(F)c(F)c3)nn2)[C@@H](O)C(CCO)O[C@H]1S[C@@H]1O[C@H](CO)[C@H](O)[C@H](N/N=C(\C=N)c2cc(F)c(F)c(F)c2)C[C@@H]1F. The first-order valence-electron chi connectivity index (χ1n) is 15.5. The predicted molar refractivity (Wildman–Crippen MR) is 167 cm³/mol. The number of nitrogens with zero attached hydrogens (tertiary/aromatic N) is 4.